The van der Waals surface area contributed by atoms with Crippen LogP contribution in [0.1, 0.15) is 13.8 Å². The van der Waals surface area contributed by atoms with Crippen molar-refractivity contribution in [1.29, 1.82) is 0 Å². The first-order valence-electron chi connectivity index (χ1n) is 3.55. The SMILES string of the molecule is CCN[C@@H](C)CN(C)C. The third-order valence-corrected chi connectivity index (χ3v) is 1.19. The summed E-state index contributed by atoms with van der Waals surface area (Å²) >= 11 is 0. The fraction of sp³-hybridized carbons (Fsp3) is 1.00. The summed E-state index contributed by atoms with van der Waals surface area (Å²) in [4.78, 5) is 2.19. The van der Waals surface area contributed by atoms with Gasteiger partial charge in [-0.05, 0) is 27.6 Å². The first-order valence-corrected chi connectivity index (χ1v) is 3.55. The van der Waals surface area contributed by atoms with E-state index in [0.29, 0.717) is 6.04 Å². The number of nitrogens with zero attached hydrogens (tertiary/aromatic N) is 1. The Morgan fingerprint density at radius 1 is 1.44 bits per heavy atom. The van der Waals surface area contributed by atoms with Gasteiger partial charge in [0.25, 0.3) is 0 Å². The Balaban J connectivity index is 3.15. The summed E-state index contributed by atoms with van der Waals surface area (Å²) < 4.78 is 0. The first kappa shape index (κ1) is 8.92. The smallest absolute Gasteiger partial charge is 0.0166 e. The molecule has 0 aliphatic heterocycles. The van der Waals surface area contributed by atoms with E-state index in [-0.39, 0.29) is 0 Å². The van der Waals surface area contributed by atoms with E-state index < -0.39 is 0 Å². The Labute approximate surface area is 58.2 Å². The van der Waals surface area contributed by atoms with Gasteiger partial charge in [-0.3, -0.25) is 0 Å². The van der Waals surface area contributed by atoms with Gasteiger partial charge in [-0.15, -0.1) is 0 Å². The van der Waals surface area contributed by atoms with E-state index in [1.165, 1.54) is 0 Å². The predicted molar refractivity (Wildman–Crippen MR) is 41.7 cm³/mol. The van der Waals surface area contributed by atoms with E-state index in [1.807, 2.05) is 0 Å². The van der Waals surface area contributed by atoms with Crippen LogP contribution >= 0.6 is 0 Å². The molecule has 0 aromatic carbocycles. The first-order chi connectivity index (χ1) is 4.16. The molecule has 0 amide bonds. The van der Waals surface area contributed by atoms with Crippen LogP contribution in [0.4, 0.5) is 0 Å². The molecule has 2 nitrogen and oxygen atoms in total. The molecule has 0 aromatic heterocycles. The van der Waals surface area contributed by atoms with Crippen LogP contribution in [0.25, 0.3) is 0 Å². The number of hydrogen-bond donors (Lipinski definition) is 1. The van der Waals surface area contributed by atoms with Crippen molar-refractivity contribution in [2.75, 3.05) is 27.2 Å². The van der Waals surface area contributed by atoms with Crippen molar-refractivity contribution >= 4 is 0 Å². The minimum Gasteiger partial charge on any atom is -0.313 e. The second-order valence-electron chi connectivity index (χ2n) is 2.72. The highest BCUT2D eigenvalue weighted by Crippen LogP contribution is 1.82. The average molecular weight is 130 g/mol. The minimum absolute atomic E-state index is 0.616. The summed E-state index contributed by atoms with van der Waals surface area (Å²) in [6, 6.07) is 0.616. The van der Waals surface area contributed by atoms with Crippen LogP contribution in [-0.2, 0) is 0 Å². The zero-order valence-electron chi connectivity index (χ0n) is 6.94. The highest BCUT2D eigenvalue weighted by molar-refractivity contribution is 4.60. The summed E-state index contributed by atoms with van der Waals surface area (Å²) in [5.41, 5.74) is 0. The average Bonchev–Trinajstić information content (AvgIpc) is 1.63. The van der Waals surface area contributed by atoms with E-state index in [9.17, 15) is 0 Å². The monoisotopic (exact) mass is 130 g/mol. The zero-order valence-corrected chi connectivity index (χ0v) is 6.94. The van der Waals surface area contributed by atoms with Crippen LogP contribution in [0.2, 0.25) is 0 Å². The molecule has 9 heavy (non-hydrogen) atoms. The standard InChI is InChI=1S/C7H18N2/c1-5-8-7(2)6-9(3)4/h7-8H,5-6H2,1-4H3/t7-/m0/s1. The van der Waals surface area contributed by atoms with Crippen molar-refractivity contribution in [3.8, 4) is 0 Å². The van der Waals surface area contributed by atoms with Gasteiger partial charge in [0, 0.05) is 12.6 Å². The Hall–Kier alpha value is -0.0800. The van der Waals surface area contributed by atoms with E-state index in [4.69, 9.17) is 0 Å². The van der Waals surface area contributed by atoms with Crippen molar-refractivity contribution in [2.45, 2.75) is 19.9 Å². The van der Waals surface area contributed by atoms with Crippen molar-refractivity contribution in [2.24, 2.45) is 0 Å². The highest BCUT2D eigenvalue weighted by atomic mass is 15.1. The molecule has 0 heterocycles. The van der Waals surface area contributed by atoms with Gasteiger partial charge in [0.1, 0.15) is 0 Å². The molecule has 0 aromatic rings. The van der Waals surface area contributed by atoms with Crippen LogP contribution < -0.4 is 5.32 Å². The molecular formula is C7H18N2. The maximum atomic E-state index is 3.34. The van der Waals surface area contributed by atoms with Crippen LogP contribution in [-0.4, -0.2) is 38.1 Å². The number of hydrogen-bond acceptors (Lipinski definition) is 2. The molecular weight excluding hydrogens is 112 g/mol. The van der Waals surface area contributed by atoms with Gasteiger partial charge in [-0.25, -0.2) is 0 Å². The van der Waals surface area contributed by atoms with Crippen molar-refractivity contribution in [1.82, 2.24) is 10.2 Å². The van der Waals surface area contributed by atoms with Gasteiger partial charge in [-0.2, -0.15) is 0 Å². The molecule has 0 unspecified atom stereocenters. The molecule has 0 fully saturated rings. The Bertz CT molecular complexity index is 61.9. The molecule has 0 radical (unpaired) electrons. The second-order valence-corrected chi connectivity index (χ2v) is 2.72. The maximum Gasteiger partial charge on any atom is 0.0166 e. The number of rotatable bonds is 4. The molecule has 0 rings (SSSR count). The normalized spacial score (nSPS) is 14.3. The van der Waals surface area contributed by atoms with Crippen molar-refractivity contribution in [3.63, 3.8) is 0 Å². The quantitative estimate of drug-likeness (QED) is 0.597. The van der Waals surface area contributed by atoms with Gasteiger partial charge >= 0.3 is 0 Å². The van der Waals surface area contributed by atoms with Gasteiger partial charge < -0.3 is 10.2 Å². The van der Waals surface area contributed by atoms with E-state index in [1.54, 1.807) is 0 Å². The fourth-order valence-corrected chi connectivity index (χ4v) is 0.961. The molecule has 56 valence electrons. The van der Waals surface area contributed by atoms with Gasteiger partial charge in [0.2, 0.25) is 0 Å². The number of nitrogens with one attached hydrogen (secondary N) is 1. The van der Waals surface area contributed by atoms with Crippen LogP contribution in [0.5, 0.6) is 0 Å². The Morgan fingerprint density at radius 2 is 2.00 bits per heavy atom. The molecule has 1 atom stereocenters. The van der Waals surface area contributed by atoms with E-state index in [2.05, 4.69) is 38.2 Å². The summed E-state index contributed by atoms with van der Waals surface area (Å²) in [6.45, 7) is 6.51. The Kier molecular flexibility index (Phi) is 4.72. The van der Waals surface area contributed by atoms with E-state index >= 15 is 0 Å². The predicted octanol–water partition coefficient (Wildman–Crippen LogP) is 0.546. The lowest BCUT2D eigenvalue weighted by atomic mass is 10.3. The highest BCUT2D eigenvalue weighted by Gasteiger charge is 1.98. The molecule has 0 spiro atoms. The van der Waals surface area contributed by atoms with Gasteiger partial charge in [0.15, 0.2) is 0 Å². The largest absolute Gasteiger partial charge is 0.313 e. The van der Waals surface area contributed by atoms with Crippen LogP contribution in [0.15, 0.2) is 0 Å². The zero-order chi connectivity index (χ0) is 7.28. The lowest BCUT2D eigenvalue weighted by Gasteiger charge is -2.16. The maximum absolute atomic E-state index is 3.34. The van der Waals surface area contributed by atoms with Crippen molar-refractivity contribution in [3.05, 3.63) is 0 Å². The van der Waals surface area contributed by atoms with E-state index in [0.717, 1.165) is 13.1 Å². The summed E-state index contributed by atoms with van der Waals surface area (Å²) in [5, 5.41) is 3.34. The molecule has 0 saturated carbocycles. The second kappa shape index (κ2) is 4.77. The molecule has 2 heteroatoms. The third kappa shape index (κ3) is 5.80. The molecule has 0 saturated heterocycles. The molecule has 0 aliphatic rings. The molecule has 0 bridgehead atoms. The summed E-state index contributed by atoms with van der Waals surface area (Å²) in [7, 11) is 4.18. The Morgan fingerprint density at radius 3 is 2.33 bits per heavy atom. The van der Waals surface area contributed by atoms with Gasteiger partial charge in [0.05, 0.1) is 0 Å². The summed E-state index contributed by atoms with van der Waals surface area (Å²) in [6.07, 6.45) is 0. The van der Waals surface area contributed by atoms with Crippen LogP contribution in [0, 0.1) is 0 Å². The molecule has 0 aliphatic carbocycles. The fourth-order valence-electron chi connectivity index (χ4n) is 0.961. The minimum atomic E-state index is 0.616. The summed E-state index contributed by atoms with van der Waals surface area (Å²) in [5.74, 6) is 0. The number of likely N-dealkylation sites (N-methyl/N-ethyl adjacent to an activating group) is 2. The van der Waals surface area contributed by atoms with Crippen LogP contribution in [0.3, 0.4) is 0 Å². The third-order valence-electron chi connectivity index (χ3n) is 1.19. The van der Waals surface area contributed by atoms with Crippen molar-refractivity contribution < 1.29 is 0 Å². The van der Waals surface area contributed by atoms with Gasteiger partial charge in [-0.1, -0.05) is 6.92 Å². The lowest BCUT2D eigenvalue weighted by molar-refractivity contribution is 0.353. The topological polar surface area (TPSA) is 15.3 Å². The lowest BCUT2D eigenvalue weighted by Crippen LogP contribution is -2.35. The molecule has 1 N–H and O–H groups in total.